The van der Waals surface area contributed by atoms with E-state index in [1.54, 1.807) is 0 Å². The van der Waals surface area contributed by atoms with Crippen LogP contribution in [0.25, 0.3) is 21.3 Å². The number of thiophene rings is 1. The van der Waals surface area contributed by atoms with E-state index >= 15 is 0 Å². The van der Waals surface area contributed by atoms with Crippen molar-refractivity contribution in [3.05, 3.63) is 45.1 Å². The summed E-state index contributed by atoms with van der Waals surface area (Å²) in [6.45, 7) is 10.4. The molecule has 0 aliphatic heterocycles. The van der Waals surface area contributed by atoms with Crippen molar-refractivity contribution in [3.63, 3.8) is 0 Å². The van der Waals surface area contributed by atoms with Crippen molar-refractivity contribution in [2.24, 2.45) is 5.73 Å². The molecular formula is C21H25N3O2S2. The Bertz CT molecular complexity index is 1080. The molecule has 0 aliphatic carbocycles. The van der Waals surface area contributed by atoms with Crippen molar-refractivity contribution in [2.75, 3.05) is 0 Å². The molecule has 7 heteroatoms. The number of carbonyl (C=O) groups is 1. The molecule has 0 saturated heterocycles. The van der Waals surface area contributed by atoms with Crippen molar-refractivity contribution < 1.29 is 4.79 Å². The molecule has 1 amide bonds. The average Bonchev–Trinajstić information content (AvgIpc) is 2.95. The van der Waals surface area contributed by atoms with Crippen molar-refractivity contribution in [1.82, 2.24) is 9.97 Å². The maximum Gasteiger partial charge on any atom is 0.260 e. The summed E-state index contributed by atoms with van der Waals surface area (Å²) in [6, 6.07) is 8.36. The van der Waals surface area contributed by atoms with E-state index in [2.05, 4.69) is 55.0 Å². The third-order valence-corrected chi connectivity index (χ3v) is 6.96. The van der Waals surface area contributed by atoms with Gasteiger partial charge in [0.25, 0.3) is 5.56 Å². The van der Waals surface area contributed by atoms with Crippen LogP contribution in [0.4, 0.5) is 0 Å². The van der Waals surface area contributed by atoms with Crippen molar-refractivity contribution in [3.8, 4) is 11.1 Å². The van der Waals surface area contributed by atoms with Gasteiger partial charge in [0.2, 0.25) is 5.91 Å². The number of fused-ring (bicyclic) bond motifs is 1. The van der Waals surface area contributed by atoms with Gasteiger partial charge in [-0.3, -0.25) is 9.59 Å². The molecule has 148 valence electrons. The molecule has 3 aromatic rings. The number of primary amides is 1. The minimum Gasteiger partial charge on any atom is -0.369 e. The number of nitrogens with one attached hydrogen (secondary N) is 1. The van der Waals surface area contributed by atoms with Crippen LogP contribution in [0.1, 0.15) is 44.6 Å². The number of H-pyrrole nitrogens is 1. The third kappa shape index (κ3) is 4.00. The van der Waals surface area contributed by atoms with Crippen LogP contribution in [0, 0.1) is 6.92 Å². The first-order chi connectivity index (χ1) is 13.1. The first kappa shape index (κ1) is 20.6. The van der Waals surface area contributed by atoms with E-state index in [4.69, 9.17) is 5.73 Å². The molecule has 3 N–H and O–H groups in total. The van der Waals surface area contributed by atoms with Gasteiger partial charge in [-0.15, -0.1) is 11.3 Å². The van der Waals surface area contributed by atoms with Gasteiger partial charge in [-0.25, -0.2) is 4.98 Å². The second-order valence-electron chi connectivity index (χ2n) is 7.83. The smallest absolute Gasteiger partial charge is 0.260 e. The van der Waals surface area contributed by atoms with E-state index in [0.717, 1.165) is 16.0 Å². The zero-order valence-electron chi connectivity index (χ0n) is 16.8. The highest BCUT2D eigenvalue weighted by atomic mass is 32.2. The lowest BCUT2D eigenvalue weighted by molar-refractivity contribution is -0.117. The summed E-state index contributed by atoms with van der Waals surface area (Å²) in [5, 5.41) is 0.618. The number of amides is 1. The lowest BCUT2D eigenvalue weighted by atomic mass is 9.86. The van der Waals surface area contributed by atoms with Crippen LogP contribution in [0.2, 0.25) is 0 Å². The molecule has 0 bridgehead atoms. The highest BCUT2D eigenvalue weighted by molar-refractivity contribution is 8.00. The van der Waals surface area contributed by atoms with Gasteiger partial charge in [-0.1, -0.05) is 63.7 Å². The molecule has 0 radical (unpaired) electrons. The van der Waals surface area contributed by atoms with E-state index in [0.29, 0.717) is 21.8 Å². The van der Waals surface area contributed by atoms with E-state index in [1.807, 2.05) is 13.8 Å². The number of rotatable bonds is 5. The van der Waals surface area contributed by atoms with Crippen LogP contribution in [0.15, 0.2) is 34.2 Å². The Morgan fingerprint density at radius 2 is 1.93 bits per heavy atom. The quantitative estimate of drug-likeness (QED) is 0.470. The Kier molecular flexibility index (Phi) is 5.68. The van der Waals surface area contributed by atoms with Gasteiger partial charge in [0.1, 0.15) is 4.83 Å². The van der Waals surface area contributed by atoms with Gasteiger partial charge in [-0.05, 0) is 29.9 Å². The van der Waals surface area contributed by atoms with Crippen LogP contribution >= 0.6 is 23.1 Å². The molecular weight excluding hydrogens is 390 g/mol. The molecule has 2 heterocycles. The summed E-state index contributed by atoms with van der Waals surface area (Å²) >= 11 is 2.70. The largest absolute Gasteiger partial charge is 0.369 e. The topological polar surface area (TPSA) is 88.8 Å². The Hall–Kier alpha value is -2.12. The zero-order chi connectivity index (χ0) is 20.6. The van der Waals surface area contributed by atoms with E-state index < -0.39 is 11.2 Å². The van der Waals surface area contributed by atoms with E-state index in [1.165, 1.54) is 28.7 Å². The first-order valence-corrected chi connectivity index (χ1v) is 10.9. The minimum absolute atomic E-state index is 0.0751. The Labute approximate surface area is 172 Å². The molecule has 1 aromatic carbocycles. The Balaban J connectivity index is 2.07. The maximum absolute atomic E-state index is 12.9. The molecule has 5 nitrogen and oxygen atoms in total. The molecule has 1 atom stereocenters. The third-order valence-electron chi connectivity index (χ3n) is 4.70. The summed E-state index contributed by atoms with van der Waals surface area (Å²) in [5.74, 6) is -0.405. The lowest BCUT2D eigenvalue weighted by Crippen LogP contribution is -2.25. The number of hydrogen-bond acceptors (Lipinski definition) is 5. The summed E-state index contributed by atoms with van der Waals surface area (Å²) in [7, 11) is 0. The number of carbonyl (C=O) groups excluding carboxylic acids is 1. The fraction of sp³-hybridized carbons (Fsp3) is 0.381. The fourth-order valence-electron chi connectivity index (χ4n) is 3.12. The molecule has 0 spiro atoms. The van der Waals surface area contributed by atoms with Crippen LogP contribution in [0.3, 0.4) is 0 Å². The number of aromatic amines is 1. The van der Waals surface area contributed by atoms with Crippen molar-refractivity contribution in [1.29, 1.82) is 0 Å². The standard InChI is InChI=1S/C21H25N3O2S2/c1-6-14(17(22)25)28-20-23-18(26)16-15(11(2)27-19(16)24-20)12-7-9-13(10-8-12)21(3,4)5/h7-10,14H,6H2,1-5H3,(H2,22,25)(H,23,24,26). The van der Waals surface area contributed by atoms with Crippen LogP contribution in [-0.2, 0) is 10.2 Å². The van der Waals surface area contributed by atoms with Crippen molar-refractivity contribution in [2.45, 2.75) is 56.9 Å². The molecule has 3 rings (SSSR count). The number of nitrogens with two attached hydrogens (primary N) is 1. The van der Waals surface area contributed by atoms with E-state index in [-0.39, 0.29) is 11.0 Å². The highest BCUT2D eigenvalue weighted by Crippen LogP contribution is 2.37. The highest BCUT2D eigenvalue weighted by Gasteiger charge is 2.21. The van der Waals surface area contributed by atoms with Gasteiger partial charge in [0.05, 0.1) is 10.6 Å². The minimum atomic E-state index is -0.411. The molecule has 2 aromatic heterocycles. The predicted molar refractivity (Wildman–Crippen MR) is 118 cm³/mol. The van der Waals surface area contributed by atoms with E-state index in [9.17, 15) is 9.59 Å². The number of aromatic nitrogens is 2. The number of hydrogen-bond donors (Lipinski definition) is 2. The SMILES string of the molecule is CCC(Sc1nc2sc(C)c(-c3ccc(C(C)(C)C)cc3)c2c(=O)[nH]1)C(N)=O. The number of benzene rings is 1. The van der Waals surface area contributed by atoms with Crippen molar-refractivity contribution >= 4 is 39.2 Å². The Morgan fingerprint density at radius 1 is 1.29 bits per heavy atom. The maximum atomic E-state index is 12.9. The monoisotopic (exact) mass is 415 g/mol. The summed E-state index contributed by atoms with van der Waals surface area (Å²) < 4.78 is 0. The molecule has 0 aliphatic rings. The molecule has 0 saturated carbocycles. The molecule has 0 fully saturated rings. The molecule has 1 unspecified atom stereocenters. The van der Waals surface area contributed by atoms with Gasteiger partial charge in [-0.2, -0.15) is 0 Å². The Morgan fingerprint density at radius 3 is 2.46 bits per heavy atom. The number of aryl methyl sites for hydroxylation is 1. The second kappa shape index (κ2) is 7.72. The lowest BCUT2D eigenvalue weighted by Gasteiger charge is -2.19. The predicted octanol–water partition coefficient (Wildman–Crippen LogP) is 4.61. The first-order valence-electron chi connectivity index (χ1n) is 9.22. The molecule has 28 heavy (non-hydrogen) atoms. The zero-order valence-corrected chi connectivity index (χ0v) is 18.4. The summed E-state index contributed by atoms with van der Waals surface area (Å²) in [4.78, 5) is 33.5. The number of nitrogens with zero attached hydrogens (tertiary/aromatic N) is 1. The van der Waals surface area contributed by atoms with Gasteiger partial charge < -0.3 is 10.7 Å². The number of thioether (sulfide) groups is 1. The van der Waals surface area contributed by atoms with Crippen LogP contribution in [-0.4, -0.2) is 21.1 Å². The van der Waals surface area contributed by atoms with Gasteiger partial charge in [0.15, 0.2) is 5.16 Å². The normalized spacial score (nSPS) is 13.0. The summed E-state index contributed by atoms with van der Waals surface area (Å²) in [5.41, 5.74) is 8.48. The van der Waals surface area contributed by atoms with Crippen LogP contribution in [0.5, 0.6) is 0 Å². The van der Waals surface area contributed by atoms with Crippen LogP contribution < -0.4 is 11.3 Å². The summed E-state index contributed by atoms with van der Waals surface area (Å²) in [6.07, 6.45) is 0.580. The average molecular weight is 416 g/mol. The van der Waals surface area contributed by atoms with Gasteiger partial charge in [0, 0.05) is 10.4 Å². The fourth-order valence-corrected chi connectivity index (χ4v) is 5.07. The second-order valence-corrected chi connectivity index (χ2v) is 10.2. The van der Waals surface area contributed by atoms with Gasteiger partial charge >= 0.3 is 0 Å².